The molecule has 0 aliphatic heterocycles. The van der Waals surface area contributed by atoms with E-state index in [2.05, 4.69) is 0 Å². The van der Waals surface area contributed by atoms with Gasteiger partial charge in [0.2, 0.25) is 0 Å². The minimum absolute atomic E-state index is 0. The Labute approximate surface area is 187 Å². The SMILES string of the molecule is [BaH2].[BiH3].[KH].[OH][Ti]([OH])([OH])[OH].[OH][Ti]([OH])([OH])[OH]. The first-order valence-electron chi connectivity index (χ1n) is 1.79. The molecular formula is H14BaBiKO8Ti2. The molecule has 0 aromatic rings. The van der Waals surface area contributed by atoms with E-state index < -0.39 is 36.3 Å². The van der Waals surface area contributed by atoms with Crippen molar-refractivity contribution in [3.05, 3.63) is 0 Å². The molecule has 8 nitrogen and oxygen atoms in total. The van der Waals surface area contributed by atoms with Crippen LogP contribution in [-0.2, 0) is 36.3 Å². The fourth-order valence-electron chi connectivity index (χ4n) is 0. The zero-order valence-corrected chi connectivity index (χ0v) is 13.9. The van der Waals surface area contributed by atoms with E-state index in [4.69, 9.17) is 29.5 Å². The summed E-state index contributed by atoms with van der Waals surface area (Å²) in [4.78, 5) is 0. The van der Waals surface area contributed by atoms with Crippen LogP contribution >= 0.6 is 0 Å². The van der Waals surface area contributed by atoms with Gasteiger partial charge in [-0.1, -0.05) is 0 Å². The quantitative estimate of drug-likeness (QED) is 0.124. The van der Waals surface area contributed by atoms with Gasteiger partial charge in [0.05, 0.1) is 0 Å². The first-order chi connectivity index (χ1) is 4.00. The summed E-state index contributed by atoms with van der Waals surface area (Å²) >= 11 is -10.0. The summed E-state index contributed by atoms with van der Waals surface area (Å²) in [6.07, 6.45) is 0. The van der Waals surface area contributed by atoms with E-state index in [1.54, 1.807) is 0 Å². The summed E-state index contributed by atoms with van der Waals surface area (Å²) in [7, 11) is 0. The average Bonchev–Trinajstić information content (AvgIpc) is 1.12. The summed E-state index contributed by atoms with van der Waals surface area (Å²) in [5, 5.41) is 0. The van der Waals surface area contributed by atoms with Crippen molar-refractivity contribution in [3.8, 4) is 0 Å². The molecule has 0 aromatic heterocycles. The van der Waals surface area contributed by atoms with Gasteiger partial charge in [-0.15, -0.1) is 0 Å². The van der Waals surface area contributed by atoms with Gasteiger partial charge >= 0.3 is 192 Å². The number of hydrogen-bond acceptors (Lipinski definition) is 8. The Kier molecular flexibility index (Phi) is 36.3. The average molecular weight is 623 g/mol. The van der Waals surface area contributed by atoms with Crippen molar-refractivity contribution in [2.45, 2.75) is 0 Å². The third-order valence-electron chi connectivity index (χ3n) is 0. The van der Waals surface area contributed by atoms with E-state index in [-0.39, 0.29) is 126 Å². The number of hydrogen-bond donors (Lipinski definition) is 8. The van der Waals surface area contributed by atoms with Crippen LogP contribution in [0.15, 0.2) is 0 Å². The minimum atomic E-state index is -5.00. The van der Waals surface area contributed by atoms with Crippen molar-refractivity contribution in [3.63, 3.8) is 0 Å². The van der Waals surface area contributed by atoms with E-state index in [0.717, 1.165) is 0 Å². The topological polar surface area (TPSA) is 162 Å². The first-order valence-corrected chi connectivity index (χ1v) is 7.38. The molecule has 0 rings (SSSR count). The number of rotatable bonds is 0. The molecule has 0 amide bonds. The predicted octanol–water partition coefficient (Wildman–Crippen LogP) is -7.21. The molecule has 0 aromatic carbocycles. The standard InChI is InChI=1S/Ba.Bi.K.8H2O.2Ti.6H/h;;;8*1H2;;;;;;;;/q;;;;;;;;;;;2*+4;;;;;;/p-8. The fourth-order valence-corrected chi connectivity index (χ4v) is 0. The summed E-state index contributed by atoms with van der Waals surface area (Å²) < 4.78 is 59.0. The Morgan fingerprint density at radius 3 is 0.538 bits per heavy atom. The third kappa shape index (κ3) is 147. The first kappa shape index (κ1) is 30.9. The molecule has 0 unspecified atom stereocenters. The van der Waals surface area contributed by atoms with Crippen LogP contribution in [0.2, 0.25) is 0 Å². The zero-order chi connectivity index (χ0) is 9.00. The van der Waals surface area contributed by atoms with Gasteiger partial charge in [0.1, 0.15) is 0 Å². The molecule has 0 atom stereocenters. The van der Waals surface area contributed by atoms with Crippen molar-refractivity contribution in [1.82, 2.24) is 0 Å². The van der Waals surface area contributed by atoms with Gasteiger partial charge in [-0.05, 0) is 0 Å². The summed E-state index contributed by atoms with van der Waals surface area (Å²) in [6.45, 7) is 0. The van der Waals surface area contributed by atoms with Crippen LogP contribution in [0, 0.1) is 0 Å². The van der Waals surface area contributed by atoms with Crippen LogP contribution in [0.4, 0.5) is 0 Å². The van der Waals surface area contributed by atoms with Crippen LogP contribution in [0.3, 0.4) is 0 Å². The van der Waals surface area contributed by atoms with Gasteiger partial charge in [0.25, 0.3) is 0 Å². The zero-order valence-electron chi connectivity index (χ0n) is 5.28. The van der Waals surface area contributed by atoms with Crippen molar-refractivity contribution >= 4 is 126 Å². The van der Waals surface area contributed by atoms with Gasteiger partial charge in [0, 0.05) is 0 Å². The molecule has 8 N–H and O–H groups in total. The van der Waals surface area contributed by atoms with Crippen LogP contribution in [0.1, 0.15) is 0 Å². The van der Waals surface area contributed by atoms with E-state index >= 15 is 0 Å². The van der Waals surface area contributed by atoms with E-state index in [0.29, 0.717) is 0 Å². The molecule has 78 valence electrons. The molecule has 13 heteroatoms. The fraction of sp³-hybridized carbons (Fsp3) is 0. The Morgan fingerprint density at radius 1 is 0.538 bits per heavy atom. The molecule has 0 bridgehead atoms. The molecule has 0 radical (unpaired) electrons. The summed E-state index contributed by atoms with van der Waals surface area (Å²) in [5.74, 6) is 0. The van der Waals surface area contributed by atoms with Crippen LogP contribution in [0.25, 0.3) is 0 Å². The van der Waals surface area contributed by atoms with Crippen molar-refractivity contribution in [1.29, 1.82) is 0 Å². The molecule has 0 aliphatic rings. The molecule has 0 spiro atoms. The maximum absolute atomic E-state index is 7.38. The summed E-state index contributed by atoms with van der Waals surface area (Å²) in [5.41, 5.74) is 0. The van der Waals surface area contributed by atoms with E-state index in [1.807, 2.05) is 0 Å². The third-order valence-corrected chi connectivity index (χ3v) is 0. The second kappa shape index (κ2) is 15.3. The van der Waals surface area contributed by atoms with Gasteiger partial charge in [-0.2, -0.15) is 0 Å². The van der Waals surface area contributed by atoms with Crippen LogP contribution in [0.5, 0.6) is 0 Å². The van der Waals surface area contributed by atoms with Gasteiger partial charge in [-0.3, -0.25) is 0 Å². The Morgan fingerprint density at radius 2 is 0.538 bits per heavy atom. The normalized spacial score (nSPS) is 9.23. The molecule has 0 saturated carbocycles. The Balaban J connectivity index is -0.0000000267. The Hall–Kier alpha value is 5.20. The van der Waals surface area contributed by atoms with Crippen molar-refractivity contribution in [2.75, 3.05) is 0 Å². The maximum atomic E-state index is 7.38. The van der Waals surface area contributed by atoms with Crippen LogP contribution in [-0.4, -0.2) is 156 Å². The molecule has 0 fully saturated rings. The van der Waals surface area contributed by atoms with E-state index in [9.17, 15) is 0 Å². The van der Waals surface area contributed by atoms with Gasteiger partial charge in [-0.25, -0.2) is 0 Å². The van der Waals surface area contributed by atoms with Gasteiger partial charge in [0.15, 0.2) is 0 Å². The predicted molar refractivity (Wildman–Crippen MR) is 43.4 cm³/mol. The van der Waals surface area contributed by atoms with Crippen molar-refractivity contribution < 1.29 is 65.8 Å². The molecule has 0 saturated heterocycles. The molecule has 0 heterocycles. The van der Waals surface area contributed by atoms with Crippen LogP contribution < -0.4 is 0 Å². The molecule has 13 heavy (non-hydrogen) atoms. The summed E-state index contributed by atoms with van der Waals surface area (Å²) in [6, 6.07) is 0. The van der Waals surface area contributed by atoms with E-state index in [1.165, 1.54) is 0 Å². The second-order valence-corrected chi connectivity index (χ2v) is 4.95. The van der Waals surface area contributed by atoms with Crippen molar-refractivity contribution in [2.24, 2.45) is 0 Å². The monoisotopic (exact) mass is 624 g/mol. The second-order valence-electron chi connectivity index (χ2n) is 1.20. The van der Waals surface area contributed by atoms with Gasteiger partial charge < -0.3 is 0 Å². The molecular weight excluding hydrogens is 609 g/mol. The molecule has 0 aliphatic carbocycles. The Bertz CT molecular complexity index is 65.1.